The molecule has 1 saturated heterocycles. The lowest BCUT2D eigenvalue weighted by Crippen LogP contribution is -2.46. The number of rotatable bonds is 5. The number of fused-ring (bicyclic) bond motifs is 1. The minimum atomic E-state index is -0.739. The second-order valence-electron chi connectivity index (χ2n) is 7.18. The van der Waals surface area contributed by atoms with Gasteiger partial charge in [-0.2, -0.15) is 0 Å². The van der Waals surface area contributed by atoms with Crippen molar-refractivity contribution in [2.24, 2.45) is 11.3 Å². The molecule has 5 nitrogen and oxygen atoms in total. The van der Waals surface area contributed by atoms with Crippen LogP contribution in [-0.2, 0) is 11.2 Å². The van der Waals surface area contributed by atoms with Crippen LogP contribution in [-0.4, -0.2) is 41.1 Å². The standard InChI is InChI=1S/C19H26N2O3/c1-2-16(11-14-7-4-3-5-8-14)20-18(24)21-12-15-9-6-10-19(15,13-21)17(22)23/h3-5,7-8,15-16H,2,6,9-13H2,1H3,(H,20,24)(H,22,23)/t15-,16?,19+/m0/s1. The van der Waals surface area contributed by atoms with Gasteiger partial charge in [-0.05, 0) is 37.2 Å². The van der Waals surface area contributed by atoms with E-state index in [1.54, 1.807) is 4.90 Å². The van der Waals surface area contributed by atoms with Crippen molar-refractivity contribution in [3.05, 3.63) is 35.9 Å². The molecule has 1 aliphatic carbocycles. The van der Waals surface area contributed by atoms with Crippen molar-refractivity contribution in [2.75, 3.05) is 13.1 Å². The normalized spacial score (nSPS) is 26.9. The van der Waals surface area contributed by atoms with Crippen molar-refractivity contribution in [3.63, 3.8) is 0 Å². The van der Waals surface area contributed by atoms with Crippen LogP contribution in [0.1, 0.15) is 38.2 Å². The van der Waals surface area contributed by atoms with Crippen molar-refractivity contribution in [3.8, 4) is 0 Å². The van der Waals surface area contributed by atoms with Crippen LogP contribution in [0.5, 0.6) is 0 Å². The van der Waals surface area contributed by atoms with E-state index in [1.165, 1.54) is 5.56 Å². The van der Waals surface area contributed by atoms with Crippen LogP contribution in [0.2, 0.25) is 0 Å². The van der Waals surface area contributed by atoms with Crippen LogP contribution < -0.4 is 5.32 Å². The Balaban J connectivity index is 1.61. The summed E-state index contributed by atoms with van der Waals surface area (Å²) in [6, 6.07) is 10.1. The first-order valence-electron chi connectivity index (χ1n) is 8.88. The molecule has 1 unspecified atom stereocenters. The first-order chi connectivity index (χ1) is 11.5. The molecule has 2 amide bonds. The Labute approximate surface area is 143 Å². The van der Waals surface area contributed by atoms with Crippen molar-refractivity contribution in [1.82, 2.24) is 10.2 Å². The lowest BCUT2D eigenvalue weighted by atomic mass is 9.81. The number of nitrogens with zero attached hydrogens (tertiary/aromatic N) is 1. The SMILES string of the molecule is CCC(Cc1ccccc1)NC(=O)N1C[C@@H]2CCC[C@@]2(C(=O)O)C1. The van der Waals surface area contributed by atoms with Gasteiger partial charge < -0.3 is 15.3 Å². The molecule has 2 fully saturated rings. The monoisotopic (exact) mass is 330 g/mol. The molecule has 3 rings (SSSR count). The molecule has 1 heterocycles. The van der Waals surface area contributed by atoms with Crippen LogP contribution in [0.25, 0.3) is 0 Å². The van der Waals surface area contributed by atoms with Gasteiger partial charge in [0, 0.05) is 19.1 Å². The van der Waals surface area contributed by atoms with Gasteiger partial charge >= 0.3 is 12.0 Å². The maximum absolute atomic E-state index is 12.6. The van der Waals surface area contributed by atoms with E-state index in [9.17, 15) is 14.7 Å². The molecular formula is C19H26N2O3. The third-order valence-corrected chi connectivity index (χ3v) is 5.73. The molecule has 1 aliphatic heterocycles. The number of nitrogens with one attached hydrogen (secondary N) is 1. The fourth-order valence-corrected chi connectivity index (χ4v) is 4.26. The lowest BCUT2D eigenvalue weighted by molar-refractivity contribution is -0.149. The highest BCUT2D eigenvalue weighted by Crippen LogP contribution is 2.48. The molecule has 0 bridgehead atoms. The van der Waals surface area contributed by atoms with E-state index < -0.39 is 11.4 Å². The molecule has 2 aliphatic rings. The van der Waals surface area contributed by atoms with Crippen LogP contribution in [0.15, 0.2) is 30.3 Å². The highest BCUT2D eigenvalue weighted by molar-refractivity contribution is 5.80. The maximum atomic E-state index is 12.6. The number of amides is 2. The third kappa shape index (κ3) is 3.12. The number of hydrogen-bond donors (Lipinski definition) is 2. The van der Waals surface area contributed by atoms with E-state index in [1.807, 2.05) is 18.2 Å². The zero-order chi connectivity index (χ0) is 17.2. The third-order valence-electron chi connectivity index (χ3n) is 5.73. The Bertz CT molecular complexity index is 604. The molecule has 0 spiro atoms. The first-order valence-corrected chi connectivity index (χ1v) is 8.88. The van der Waals surface area contributed by atoms with Crippen molar-refractivity contribution >= 4 is 12.0 Å². The summed E-state index contributed by atoms with van der Waals surface area (Å²) in [6.07, 6.45) is 4.21. The molecule has 3 atom stereocenters. The van der Waals surface area contributed by atoms with E-state index >= 15 is 0 Å². The highest BCUT2D eigenvalue weighted by Gasteiger charge is 2.55. The summed E-state index contributed by atoms with van der Waals surface area (Å²) in [6.45, 7) is 2.98. The van der Waals surface area contributed by atoms with Crippen molar-refractivity contribution in [2.45, 2.75) is 45.1 Å². The average molecular weight is 330 g/mol. The number of hydrogen-bond acceptors (Lipinski definition) is 2. The molecule has 1 aromatic rings. The smallest absolute Gasteiger partial charge is 0.317 e. The number of urea groups is 1. The van der Waals surface area contributed by atoms with Gasteiger partial charge in [-0.1, -0.05) is 43.7 Å². The number of benzene rings is 1. The van der Waals surface area contributed by atoms with Gasteiger partial charge in [-0.25, -0.2) is 4.79 Å². The largest absolute Gasteiger partial charge is 0.481 e. The van der Waals surface area contributed by atoms with Gasteiger partial charge in [0.1, 0.15) is 0 Å². The van der Waals surface area contributed by atoms with E-state index in [0.717, 1.165) is 25.7 Å². The summed E-state index contributed by atoms with van der Waals surface area (Å²) in [5, 5.41) is 12.7. The number of carbonyl (C=O) groups is 2. The number of likely N-dealkylation sites (tertiary alicyclic amines) is 1. The fraction of sp³-hybridized carbons (Fsp3) is 0.579. The zero-order valence-corrected chi connectivity index (χ0v) is 14.2. The molecular weight excluding hydrogens is 304 g/mol. The second kappa shape index (κ2) is 6.83. The molecule has 130 valence electrons. The average Bonchev–Trinajstić information content (AvgIpc) is 3.13. The Morgan fingerprint density at radius 2 is 2.12 bits per heavy atom. The predicted molar refractivity (Wildman–Crippen MR) is 91.7 cm³/mol. The summed E-state index contributed by atoms with van der Waals surface area (Å²) in [5.41, 5.74) is 0.489. The molecule has 5 heteroatoms. The minimum Gasteiger partial charge on any atom is -0.481 e. The molecule has 24 heavy (non-hydrogen) atoms. The number of carbonyl (C=O) groups excluding carboxylic acids is 1. The van der Waals surface area contributed by atoms with E-state index in [-0.39, 0.29) is 18.0 Å². The zero-order valence-electron chi connectivity index (χ0n) is 14.2. The fourth-order valence-electron chi connectivity index (χ4n) is 4.26. The van der Waals surface area contributed by atoms with Gasteiger partial charge in [-0.15, -0.1) is 0 Å². The first kappa shape index (κ1) is 16.8. The number of carboxylic acids is 1. The maximum Gasteiger partial charge on any atom is 0.317 e. The molecule has 1 saturated carbocycles. The Morgan fingerprint density at radius 1 is 1.38 bits per heavy atom. The van der Waals surface area contributed by atoms with Crippen LogP contribution in [0.4, 0.5) is 4.79 Å². The highest BCUT2D eigenvalue weighted by atomic mass is 16.4. The van der Waals surface area contributed by atoms with Crippen molar-refractivity contribution < 1.29 is 14.7 Å². The molecule has 0 radical (unpaired) electrons. The summed E-state index contributed by atoms with van der Waals surface area (Å²) in [4.78, 5) is 26.1. The Morgan fingerprint density at radius 3 is 2.75 bits per heavy atom. The Hall–Kier alpha value is -2.04. The Kier molecular flexibility index (Phi) is 4.78. The predicted octanol–water partition coefficient (Wildman–Crippen LogP) is 2.90. The quantitative estimate of drug-likeness (QED) is 0.872. The van der Waals surface area contributed by atoms with Gasteiger partial charge in [0.05, 0.1) is 5.41 Å². The molecule has 0 aromatic heterocycles. The van der Waals surface area contributed by atoms with E-state index in [0.29, 0.717) is 19.5 Å². The van der Waals surface area contributed by atoms with Gasteiger partial charge in [-0.3, -0.25) is 4.79 Å². The summed E-state index contributed by atoms with van der Waals surface area (Å²) in [7, 11) is 0. The number of carboxylic acid groups (broad SMARTS) is 1. The summed E-state index contributed by atoms with van der Waals surface area (Å²) < 4.78 is 0. The molecule has 1 aromatic carbocycles. The second-order valence-corrected chi connectivity index (χ2v) is 7.18. The van der Waals surface area contributed by atoms with Crippen LogP contribution >= 0.6 is 0 Å². The summed E-state index contributed by atoms with van der Waals surface area (Å²) >= 11 is 0. The van der Waals surface area contributed by atoms with Crippen LogP contribution in [0.3, 0.4) is 0 Å². The lowest BCUT2D eigenvalue weighted by Gasteiger charge is -2.25. The number of aliphatic carboxylic acids is 1. The van der Waals surface area contributed by atoms with Crippen LogP contribution in [0, 0.1) is 11.3 Å². The van der Waals surface area contributed by atoms with E-state index in [2.05, 4.69) is 24.4 Å². The van der Waals surface area contributed by atoms with Crippen molar-refractivity contribution in [1.29, 1.82) is 0 Å². The van der Waals surface area contributed by atoms with E-state index in [4.69, 9.17) is 0 Å². The minimum absolute atomic E-state index is 0.0705. The van der Waals surface area contributed by atoms with Gasteiger partial charge in [0.2, 0.25) is 0 Å². The summed E-state index contributed by atoms with van der Waals surface area (Å²) in [5.74, 6) is -0.633. The van der Waals surface area contributed by atoms with Gasteiger partial charge in [0.25, 0.3) is 0 Å². The molecule has 2 N–H and O–H groups in total. The van der Waals surface area contributed by atoms with Gasteiger partial charge in [0.15, 0.2) is 0 Å². The topological polar surface area (TPSA) is 69.6 Å².